The van der Waals surface area contributed by atoms with Crippen molar-refractivity contribution >= 4 is 27.5 Å². The Morgan fingerprint density at radius 2 is 2.07 bits per heavy atom. The molecule has 0 fully saturated rings. The van der Waals surface area contributed by atoms with Gasteiger partial charge in [-0.3, -0.25) is 14.2 Å². The number of aryl methyl sites for hydroxylation is 2. The van der Waals surface area contributed by atoms with E-state index in [1.54, 1.807) is 0 Å². The van der Waals surface area contributed by atoms with E-state index in [4.69, 9.17) is 0 Å². The van der Waals surface area contributed by atoms with Crippen molar-refractivity contribution in [2.75, 3.05) is 0 Å². The lowest BCUT2D eigenvalue weighted by Crippen LogP contribution is -2.37. The molecule has 0 radical (unpaired) electrons. The van der Waals surface area contributed by atoms with Crippen molar-refractivity contribution in [1.29, 1.82) is 0 Å². The van der Waals surface area contributed by atoms with Gasteiger partial charge in [-0.05, 0) is 55.7 Å². The Bertz CT molecular complexity index is 1080. The van der Waals surface area contributed by atoms with Crippen LogP contribution in [0.4, 0.5) is 0 Å². The quantitative estimate of drug-likeness (QED) is 0.712. The van der Waals surface area contributed by atoms with Crippen LogP contribution in [0.1, 0.15) is 44.2 Å². The maximum absolute atomic E-state index is 13.1. The highest BCUT2D eigenvalue weighted by molar-refractivity contribution is 7.17. The van der Waals surface area contributed by atoms with Gasteiger partial charge in [0, 0.05) is 17.0 Å². The lowest BCUT2D eigenvalue weighted by atomic mass is 9.89. The highest BCUT2D eigenvalue weighted by Crippen LogP contribution is 2.33. The van der Waals surface area contributed by atoms with Crippen molar-refractivity contribution in [3.05, 3.63) is 51.4 Å². The standard InChI is InChI=1S/C22H25N3O2S/c1-3-14(2)24-19(26)11-25-13-23-21-20(22(25)27)18(12-28-21)17-9-8-15-6-4-5-7-16(15)10-17/h8-10,12-14H,3-7,11H2,1-2H3,(H,24,26). The molecular weight excluding hydrogens is 370 g/mol. The Kier molecular flexibility index (Phi) is 5.31. The van der Waals surface area contributed by atoms with Crippen molar-refractivity contribution in [1.82, 2.24) is 14.9 Å². The van der Waals surface area contributed by atoms with Crippen LogP contribution in [0.15, 0.2) is 34.7 Å². The number of fused-ring (bicyclic) bond motifs is 2. The second-order valence-electron chi connectivity index (χ2n) is 7.57. The van der Waals surface area contributed by atoms with E-state index in [1.807, 2.05) is 19.2 Å². The number of rotatable bonds is 5. The van der Waals surface area contributed by atoms with Crippen LogP contribution in [0.2, 0.25) is 0 Å². The summed E-state index contributed by atoms with van der Waals surface area (Å²) in [7, 11) is 0. The summed E-state index contributed by atoms with van der Waals surface area (Å²) in [5.41, 5.74) is 4.64. The van der Waals surface area contributed by atoms with E-state index in [2.05, 4.69) is 28.5 Å². The zero-order valence-electron chi connectivity index (χ0n) is 16.3. The SMILES string of the molecule is CCC(C)NC(=O)Cn1cnc2scc(-c3ccc4c(c3)CCCC4)c2c1=O. The zero-order valence-corrected chi connectivity index (χ0v) is 17.1. The van der Waals surface area contributed by atoms with Crippen LogP contribution in [-0.4, -0.2) is 21.5 Å². The van der Waals surface area contributed by atoms with Crippen LogP contribution in [0.5, 0.6) is 0 Å². The molecule has 2 heterocycles. The average molecular weight is 396 g/mol. The van der Waals surface area contributed by atoms with Gasteiger partial charge in [0.25, 0.3) is 5.56 Å². The molecule has 0 spiro atoms. The summed E-state index contributed by atoms with van der Waals surface area (Å²) in [6.45, 7) is 3.96. The minimum atomic E-state index is -0.164. The number of aromatic nitrogens is 2. The predicted octanol–water partition coefficient (Wildman–Crippen LogP) is 3.92. The zero-order chi connectivity index (χ0) is 19.7. The number of nitrogens with zero attached hydrogens (tertiary/aromatic N) is 2. The van der Waals surface area contributed by atoms with Gasteiger partial charge >= 0.3 is 0 Å². The first-order valence-electron chi connectivity index (χ1n) is 9.95. The molecule has 0 saturated carbocycles. The largest absolute Gasteiger partial charge is 0.352 e. The number of nitrogens with one attached hydrogen (secondary N) is 1. The van der Waals surface area contributed by atoms with Gasteiger partial charge in [-0.25, -0.2) is 4.98 Å². The Morgan fingerprint density at radius 3 is 2.86 bits per heavy atom. The summed E-state index contributed by atoms with van der Waals surface area (Å²) in [5.74, 6) is -0.164. The van der Waals surface area contributed by atoms with Gasteiger partial charge in [0.1, 0.15) is 11.4 Å². The molecule has 1 unspecified atom stereocenters. The van der Waals surface area contributed by atoms with Gasteiger partial charge in [-0.1, -0.05) is 25.1 Å². The summed E-state index contributed by atoms with van der Waals surface area (Å²) < 4.78 is 1.41. The highest BCUT2D eigenvalue weighted by Gasteiger charge is 2.17. The van der Waals surface area contributed by atoms with Crippen LogP contribution in [0, 0.1) is 0 Å². The fourth-order valence-corrected chi connectivity index (χ4v) is 4.68. The van der Waals surface area contributed by atoms with Crippen molar-refractivity contribution in [2.24, 2.45) is 0 Å². The molecule has 1 amide bonds. The normalized spacial score (nSPS) is 14.6. The second-order valence-corrected chi connectivity index (χ2v) is 8.43. The summed E-state index contributed by atoms with van der Waals surface area (Å²) >= 11 is 1.48. The van der Waals surface area contributed by atoms with E-state index in [0.717, 1.165) is 35.2 Å². The van der Waals surface area contributed by atoms with E-state index < -0.39 is 0 Å². The molecule has 1 N–H and O–H groups in total. The van der Waals surface area contributed by atoms with Gasteiger partial charge in [-0.2, -0.15) is 0 Å². The van der Waals surface area contributed by atoms with E-state index in [-0.39, 0.29) is 24.1 Å². The van der Waals surface area contributed by atoms with Gasteiger partial charge in [-0.15, -0.1) is 11.3 Å². The van der Waals surface area contributed by atoms with Gasteiger partial charge < -0.3 is 5.32 Å². The fraction of sp³-hybridized carbons (Fsp3) is 0.409. The highest BCUT2D eigenvalue weighted by atomic mass is 32.1. The third-order valence-electron chi connectivity index (χ3n) is 5.55. The van der Waals surface area contributed by atoms with Crippen LogP contribution in [0.3, 0.4) is 0 Å². The van der Waals surface area contributed by atoms with Gasteiger partial charge in [0.05, 0.1) is 11.7 Å². The Hall–Kier alpha value is -2.47. The minimum Gasteiger partial charge on any atom is -0.352 e. The molecule has 28 heavy (non-hydrogen) atoms. The molecule has 0 saturated heterocycles. The van der Waals surface area contributed by atoms with E-state index in [1.165, 1.54) is 46.2 Å². The maximum atomic E-state index is 13.1. The lowest BCUT2D eigenvalue weighted by molar-refractivity contribution is -0.122. The topological polar surface area (TPSA) is 64.0 Å². The van der Waals surface area contributed by atoms with Crippen LogP contribution in [-0.2, 0) is 24.2 Å². The lowest BCUT2D eigenvalue weighted by Gasteiger charge is -2.16. The number of hydrogen-bond donors (Lipinski definition) is 1. The summed E-state index contributed by atoms with van der Waals surface area (Å²) in [4.78, 5) is 30.5. The molecule has 146 valence electrons. The molecule has 4 rings (SSSR count). The fourth-order valence-electron chi connectivity index (χ4n) is 3.77. The minimum absolute atomic E-state index is 0.00835. The van der Waals surface area contributed by atoms with E-state index >= 15 is 0 Å². The third-order valence-corrected chi connectivity index (χ3v) is 6.44. The Balaban J connectivity index is 1.71. The van der Waals surface area contributed by atoms with Crippen molar-refractivity contribution in [3.8, 4) is 11.1 Å². The molecule has 2 aromatic heterocycles. The van der Waals surface area contributed by atoms with Gasteiger partial charge in [0.2, 0.25) is 5.91 Å². The van der Waals surface area contributed by atoms with Crippen molar-refractivity contribution in [2.45, 2.75) is 58.5 Å². The Morgan fingerprint density at radius 1 is 1.29 bits per heavy atom. The summed E-state index contributed by atoms with van der Waals surface area (Å²) in [6.07, 6.45) is 7.05. The van der Waals surface area contributed by atoms with Crippen LogP contribution in [0.25, 0.3) is 21.3 Å². The molecule has 6 heteroatoms. The number of carbonyl (C=O) groups excluding carboxylic acids is 1. The molecule has 3 aromatic rings. The monoisotopic (exact) mass is 395 g/mol. The van der Waals surface area contributed by atoms with Gasteiger partial charge in [0.15, 0.2) is 0 Å². The molecule has 1 aliphatic carbocycles. The Labute approximate surface area is 168 Å². The molecule has 1 aromatic carbocycles. The predicted molar refractivity (Wildman–Crippen MR) is 114 cm³/mol. The van der Waals surface area contributed by atoms with Crippen molar-refractivity contribution < 1.29 is 4.79 Å². The average Bonchev–Trinajstić information content (AvgIpc) is 3.14. The number of carbonyl (C=O) groups is 1. The van der Waals surface area contributed by atoms with E-state index in [9.17, 15) is 9.59 Å². The molecule has 5 nitrogen and oxygen atoms in total. The molecule has 1 atom stereocenters. The summed E-state index contributed by atoms with van der Waals surface area (Å²) in [5, 5.41) is 5.52. The third kappa shape index (κ3) is 3.61. The summed E-state index contributed by atoms with van der Waals surface area (Å²) in [6, 6.07) is 6.62. The number of thiophene rings is 1. The number of hydrogen-bond acceptors (Lipinski definition) is 4. The molecule has 0 bridgehead atoms. The van der Waals surface area contributed by atoms with Crippen molar-refractivity contribution in [3.63, 3.8) is 0 Å². The first-order valence-corrected chi connectivity index (χ1v) is 10.8. The molecule has 1 aliphatic rings. The van der Waals surface area contributed by atoms with E-state index in [0.29, 0.717) is 5.39 Å². The van der Waals surface area contributed by atoms with Crippen LogP contribution >= 0.6 is 11.3 Å². The second kappa shape index (κ2) is 7.87. The molecular formula is C22H25N3O2S. The maximum Gasteiger partial charge on any atom is 0.263 e. The number of benzene rings is 1. The number of amides is 1. The first-order chi connectivity index (χ1) is 13.6. The van der Waals surface area contributed by atoms with Crippen LogP contribution < -0.4 is 10.9 Å². The molecule has 0 aliphatic heterocycles. The first kappa shape index (κ1) is 18.9. The smallest absolute Gasteiger partial charge is 0.263 e.